The second kappa shape index (κ2) is 20.7. The number of nitrogens with two attached hydrogens (primary N) is 1. The summed E-state index contributed by atoms with van der Waals surface area (Å²) in [6.45, 7) is 7.87. The molecule has 19 heteroatoms. The molecular weight excluding hydrogens is 849 g/mol. The van der Waals surface area contributed by atoms with Crippen LogP contribution in [0, 0.1) is 0 Å². The van der Waals surface area contributed by atoms with E-state index in [9.17, 15) is 28.8 Å². The second-order valence-electron chi connectivity index (χ2n) is 16.0. The lowest BCUT2D eigenvalue weighted by Crippen LogP contribution is -2.54. The minimum atomic E-state index is -1.10. The Balaban J connectivity index is 0.750. The third kappa shape index (κ3) is 10.1. The molecule has 5 aromatic rings. The molecule has 0 saturated carbocycles. The molecule has 6 amide bonds. The number of fused-ring (bicyclic) bond motifs is 2. The molecule has 66 heavy (non-hydrogen) atoms. The molecule has 2 fully saturated rings. The Morgan fingerprint density at radius 2 is 1.64 bits per heavy atom. The summed E-state index contributed by atoms with van der Waals surface area (Å²) in [6, 6.07) is 18.3. The van der Waals surface area contributed by atoms with Crippen molar-refractivity contribution in [1.29, 1.82) is 0 Å². The molecule has 3 aromatic carbocycles. The van der Waals surface area contributed by atoms with Gasteiger partial charge in [-0.2, -0.15) is 5.10 Å². The van der Waals surface area contributed by atoms with Crippen molar-refractivity contribution in [2.24, 2.45) is 0 Å². The van der Waals surface area contributed by atoms with E-state index < -0.39 is 35.6 Å². The summed E-state index contributed by atoms with van der Waals surface area (Å²) in [5.74, 6) is -1.90. The number of nitrogens with zero attached hydrogens (tertiary/aromatic N) is 6. The van der Waals surface area contributed by atoms with Crippen LogP contribution in [-0.2, 0) is 28.7 Å². The number of anilines is 3. The van der Waals surface area contributed by atoms with Crippen LogP contribution in [0.15, 0.2) is 85.7 Å². The van der Waals surface area contributed by atoms with Crippen LogP contribution in [0.4, 0.5) is 17.2 Å². The number of benzene rings is 3. The summed E-state index contributed by atoms with van der Waals surface area (Å²) in [4.78, 5) is 87.7. The Bertz CT molecular complexity index is 2660. The van der Waals surface area contributed by atoms with E-state index >= 15 is 0 Å². The molecule has 1 unspecified atom stereocenters. The minimum Gasteiger partial charge on any atom is -0.455 e. The van der Waals surface area contributed by atoms with E-state index in [1.807, 2.05) is 41.1 Å². The number of ether oxygens (including phenoxy) is 3. The first-order valence-electron chi connectivity index (χ1n) is 21.9. The van der Waals surface area contributed by atoms with Gasteiger partial charge in [-0.3, -0.25) is 39.0 Å². The molecule has 19 nitrogen and oxygen atoms in total. The average molecular weight is 899 g/mol. The third-order valence-electron chi connectivity index (χ3n) is 11.6. The van der Waals surface area contributed by atoms with Gasteiger partial charge in [0, 0.05) is 51.4 Å². The maximum atomic E-state index is 13.3. The number of amides is 6. The monoisotopic (exact) mass is 898 g/mol. The van der Waals surface area contributed by atoms with Crippen molar-refractivity contribution in [2.45, 2.75) is 57.0 Å². The first-order chi connectivity index (χ1) is 32.1. The van der Waals surface area contributed by atoms with Gasteiger partial charge < -0.3 is 35.5 Å². The number of imide groups is 2. The standard InChI is InChI=1S/C47H50N10O9/c1-2-37(58)52-34-27-29(13-15-36(34)66-31-9-4-3-5-10-31)42-41-43(48)49-28-50-44(41)57(54-42)30-17-21-55(22-18-30)20-7-23-64-24-8-25-65-26-19-39(60)51-33-12-6-11-32-40(33)47(63)56(46(32)62)35-14-16-38(59)53-45(35)61/h2-6,9-13,15,27-28,30,35H,1,7-8,14,16-26H2,(H,51,60)(H,52,58)(H2,48,49,50)(H,53,59,61). The van der Waals surface area contributed by atoms with E-state index in [0.717, 1.165) is 43.8 Å². The molecule has 0 radical (unpaired) electrons. The Labute approximate surface area is 379 Å². The highest BCUT2D eigenvalue weighted by Gasteiger charge is 2.45. The van der Waals surface area contributed by atoms with E-state index in [-0.39, 0.29) is 54.6 Å². The van der Waals surface area contributed by atoms with Crippen LogP contribution < -0.4 is 26.4 Å². The van der Waals surface area contributed by atoms with Gasteiger partial charge in [-0.25, -0.2) is 14.6 Å². The number of hydrogen-bond donors (Lipinski definition) is 4. The predicted molar refractivity (Wildman–Crippen MR) is 242 cm³/mol. The van der Waals surface area contributed by atoms with Crippen molar-refractivity contribution >= 4 is 63.7 Å². The number of hydrogen-bond acceptors (Lipinski definition) is 14. The van der Waals surface area contributed by atoms with E-state index in [1.165, 1.54) is 24.5 Å². The smallest absolute Gasteiger partial charge is 0.264 e. The Kier molecular flexibility index (Phi) is 14.2. The Morgan fingerprint density at radius 1 is 0.864 bits per heavy atom. The van der Waals surface area contributed by atoms with Crippen molar-refractivity contribution in [3.05, 3.63) is 96.8 Å². The number of aromatic nitrogens is 4. The molecule has 342 valence electrons. The fourth-order valence-electron chi connectivity index (χ4n) is 8.36. The van der Waals surface area contributed by atoms with Crippen LogP contribution in [0.25, 0.3) is 22.3 Å². The summed E-state index contributed by atoms with van der Waals surface area (Å²) in [6.07, 6.45) is 5.94. The first-order valence-corrected chi connectivity index (χ1v) is 21.9. The number of nitrogen functional groups attached to an aromatic ring is 1. The number of likely N-dealkylation sites (tertiary alicyclic amines) is 1. The van der Waals surface area contributed by atoms with Gasteiger partial charge in [-0.15, -0.1) is 0 Å². The van der Waals surface area contributed by atoms with E-state index in [1.54, 1.807) is 18.2 Å². The van der Waals surface area contributed by atoms with Gasteiger partial charge in [0.1, 0.15) is 29.6 Å². The van der Waals surface area contributed by atoms with Gasteiger partial charge in [-0.05, 0) is 80.6 Å². The van der Waals surface area contributed by atoms with Crippen molar-refractivity contribution in [3.63, 3.8) is 0 Å². The largest absolute Gasteiger partial charge is 0.455 e. The van der Waals surface area contributed by atoms with Crippen molar-refractivity contribution in [1.82, 2.24) is 34.9 Å². The number of piperidine rings is 2. The van der Waals surface area contributed by atoms with Crippen LogP contribution >= 0.6 is 0 Å². The number of carbonyl (C=O) groups excluding carboxylic acids is 6. The quantitative estimate of drug-likeness (QED) is 0.0491. The molecule has 2 saturated heterocycles. The average Bonchev–Trinajstić information content (AvgIpc) is 3.83. The van der Waals surface area contributed by atoms with Gasteiger partial charge in [0.2, 0.25) is 23.6 Å². The van der Waals surface area contributed by atoms with Gasteiger partial charge in [-0.1, -0.05) is 30.8 Å². The number of rotatable bonds is 19. The topological polar surface area (TPSA) is 242 Å². The molecule has 0 bridgehead atoms. The lowest BCUT2D eigenvalue weighted by molar-refractivity contribution is -0.136. The second-order valence-corrected chi connectivity index (χ2v) is 16.0. The third-order valence-corrected chi connectivity index (χ3v) is 11.6. The molecule has 8 rings (SSSR count). The normalized spacial score (nSPS) is 16.6. The first kappa shape index (κ1) is 45.2. The maximum Gasteiger partial charge on any atom is 0.264 e. The van der Waals surface area contributed by atoms with E-state index in [2.05, 4.69) is 37.4 Å². The van der Waals surface area contributed by atoms with Gasteiger partial charge in [0.15, 0.2) is 11.4 Å². The van der Waals surface area contributed by atoms with Crippen molar-refractivity contribution in [2.75, 3.05) is 62.4 Å². The lowest BCUT2D eigenvalue weighted by atomic mass is 10.0. The van der Waals surface area contributed by atoms with Gasteiger partial charge in [0.05, 0.1) is 47.0 Å². The Morgan fingerprint density at radius 3 is 2.41 bits per heavy atom. The van der Waals surface area contributed by atoms with Crippen LogP contribution in [0.5, 0.6) is 11.5 Å². The van der Waals surface area contributed by atoms with Gasteiger partial charge >= 0.3 is 0 Å². The summed E-state index contributed by atoms with van der Waals surface area (Å²) >= 11 is 0. The summed E-state index contributed by atoms with van der Waals surface area (Å²) in [5.41, 5.74) is 9.13. The number of carbonyl (C=O) groups is 6. The molecule has 3 aliphatic rings. The molecule has 0 spiro atoms. The summed E-state index contributed by atoms with van der Waals surface area (Å²) in [7, 11) is 0. The fraction of sp³-hybridized carbons (Fsp3) is 0.340. The number of nitrogens with one attached hydrogen (secondary N) is 3. The SMILES string of the molecule is C=CC(=O)Nc1cc(-c2nn(C3CCN(CCCOCCCOCCC(=O)Nc4cccc5c4C(=O)N(C4CCC(=O)NC4=O)C5=O)CC3)c3ncnc(N)c23)ccc1Oc1ccccc1. The van der Waals surface area contributed by atoms with E-state index in [4.69, 9.17) is 25.0 Å². The zero-order valence-electron chi connectivity index (χ0n) is 36.2. The summed E-state index contributed by atoms with van der Waals surface area (Å²) in [5, 5.41) is 13.4. The molecular formula is C47H50N10O9. The van der Waals surface area contributed by atoms with Crippen LogP contribution in [0.3, 0.4) is 0 Å². The Hall–Kier alpha value is -7.35. The molecule has 1 atom stereocenters. The van der Waals surface area contributed by atoms with Crippen molar-refractivity contribution in [3.8, 4) is 22.8 Å². The lowest BCUT2D eigenvalue weighted by Gasteiger charge is -2.32. The highest BCUT2D eigenvalue weighted by Crippen LogP contribution is 2.39. The van der Waals surface area contributed by atoms with E-state index in [0.29, 0.717) is 71.5 Å². The van der Waals surface area contributed by atoms with Gasteiger partial charge in [0.25, 0.3) is 11.8 Å². The molecule has 5 heterocycles. The van der Waals surface area contributed by atoms with Crippen molar-refractivity contribution < 1.29 is 43.0 Å². The maximum absolute atomic E-state index is 13.3. The molecule has 2 aromatic heterocycles. The fourth-order valence-corrected chi connectivity index (χ4v) is 8.36. The highest BCUT2D eigenvalue weighted by molar-refractivity contribution is 6.26. The van der Waals surface area contributed by atoms with Crippen LogP contribution in [0.1, 0.15) is 71.7 Å². The number of para-hydroxylation sites is 1. The molecule has 5 N–H and O–H groups in total. The highest BCUT2D eigenvalue weighted by atomic mass is 16.5. The predicted octanol–water partition coefficient (Wildman–Crippen LogP) is 4.87. The summed E-state index contributed by atoms with van der Waals surface area (Å²) < 4.78 is 19.6. The zero-order valence-corrected chi connectivity index (χ0v) is 36.2. The molecule has 0 aliphatic carbocycles. The molecule has 3 aliphatic heterocycles. The van der Waals surface area contributed by atoms with Crippen LogP contribution in [0.2, 0.25) is 0 Å². The minimum absolute atomic E-state index is 0.0126. The zero-order chi connectivity index (χ0) is 46.2. The van der Waals surface area contributed by atoms with Crippen LogP contribution in [-0.4, -0.2) is 117 Å².